The monoisotopic (exact) mass is 255 g/mol. The lowest BCUT2D eigenvalue weighted by Gasteiger charge is -2.41. The molecule has 2 heterocycles. The molecule has 2 rings (SSSR count). The Labute approximate surface area is 109 Å². The summed E-state index contributed by atoms with van der Waals surface area (Å²) < 4.78 is 5.29. The highest BCUT2D eigenvalue weighted by Gasteiger charge is 2.31. The molecule has 2 aliphatic rings. The van der Waals surface area contributed by atoms with Gasteiger partial charge in [-0.25, -0.2) is 4.79 Å². The van der Waals surface area contributed by atoms with Gasteiger partial charge in [-0.2, -0.15) is 0 Å². The second-order valence-corrected chi connectivity index (χ2v) is 5.18. The number of hydrogen-bond donors (Lipinski definition) is 1. The van der Waals surface area contributed by atoms with E-state index in [1.165, 1.54) is 0 Å². The number of nitrogens with zero attached hydrogens (tertiary/aromatic N) is 2. The zero-order chi connectivity index (χ0) is 13.0. The van der Waals surface area contributed by atoms with Crippen molar-refractivity contribution in [1.29, 1.82) is 0 Å². The third-order valence-corrected chi connectivity index (χ3v) is 4.18. The number of morpholine rings is 1. The van der Waals surface area contributed by atoms with E-state index in [0.29, 0.717) is 25.2 Å². The molecule has 18 heavy (non-hydrogen) atoms. The minimum Gasteiger partial charge on any atom is -0.378 e. The van der Waals surface area contributed by atoms with Gasteiger partial charge >= 0.3 is 6.03 Å². The van der Waals surface area contributed by atoms with E-state index in [1.807, 2.05) is 16.8 Å². The summed E-state index contributed by atoms with van der Waals surface area (Å²) >= 11 is 0. The van der Waals surface area contributed by atoms with E-state index in [1.54, 1.807) is 0 Å². The van der Waals surface area contributed by atoms with Crippen molar-refractivity contribution in [2.24, 2.45) is 5.92 Å². The third-order valence-electron chi connectivity index (χ3n) is 4.18. The minimum atomic E-state index is 0.200. The fraction of sp³-hybridized carbons (Fsp3) is 0.923. The van der Waals surface area contributed by atoms with Crippen molar-refractivity contribution < 1.29 is 9.53 Å². The van der Waals surface area contributed by atoms with Crippen molar-refractivity contribution in [3.05, 3.63) is 0 Å². The van der Waals surface area contributed by atoms with E-state index in [2.05, 4.69) is 12.2 Å². The molecule has 0 aromatic carbocycles. The maximum absolute atomic E-state index is 12.4. The molecular weight excluding hydrogens is 230 g/mol. The Morgan fingerprint density at radius 1 is 1.28 bits per heavy atom. The molecule has 2 amide bonds. The Hall–Kier alpha value is -0.810. The summed E-state index contributed by atoms with van der Waals surface area (Å²) in [6, 6.07) is 0.759. The van der Waals surface area contributed by atoms with Crippen LogP contribution < -0.4 is 5.32 Å². The van der Waals surface area contributed by atoms with E-state index >= 15 is 0 Å². The van der Waals surface area contributed by atoms with Crippen LogP contribution in [-0.4, -0.2) is 68.3 Å². The highest BCUT2D eigenvalue weighted by Crippen LogP contribution is 2.21. The number of ether oxygens (including phenoxy) is 1. The van der Waals surface area contributed by atoms with Gasteiger partial charge in [-0.3, -0.25) is 0 Å². The van der Waals surface area contributed by atoms with Gasteiger partial charge < -0.3 is 19.9 Å². The van der Waals surface area contributed by atoms with Gasteiger partial charge in [0.2, 0.25) is 0 Å². The predicted octanol–water partition coefficient (Wildman–Crippen LogP) is 0.759. The molecule has 0 aromatic rings. The fourth-order valence-corrected chi connectivity index (χ4v) is 2.95. The van der Waals surface area contributed by atoms with Crippen LogP contribution in [0.15, 0.2) is 0 Å². The van der Waals surface area contributed by atoms with Gasteiger partial charge in [-0.15, -0.1) is 0 Å². The zero-order valence-corrected chi connectivity index (χ0v) is 11.5. The van der Waals surface area contributed by atoms with E-state index in [-0.39, 0.29) is 6.03 Å². The molecule has 0 aromatic heterocycles. The van der Waals surface area contributed by atoms with Crippen LogP contribution in [0.5, 0.6) is 0 Å². The zero-order valence-electron chi connectivity index (χ0n) is 11.5. The lowest BCUT2D eigenvalue weighted by molar-refractivity contribution is 0.0371. The van der Waals surface area contributed by atoms with Crippen molar-refractivity contribution in [2.45, 2.75) is 25.8 Å². The largest absolute Gasteiger partial charge is 0.378 e. The lowest BCUT2D eigenvalue weighted by Crippen LogP contribution is -2.55. The van der Waals surface area contributed by atoms with Crippen molar-refractivity contribution in [2.75, 3.05) is 46.4 Å². The van der Waals surface area contributed by atoms with Crippen molar-refractivity contribution in [3.8, 4) is 0 Å². The number of urea groups is 1. The average molecular weight is 255 g/mol. The van der Waals surface area contributed by atoms with Crippen LogP contribution in [0.25, 0.3) is 0 Å². The van der Waals surface area contributed by atoms with Crippen molar-refractivity contribution in [3.63, 3.8) is 0 Å². The van der Waals surface area contributed by atoms with Gasteiger partial charge in [0.25, 0.3) is 0 Å². The van der Waals surface area contributed by atoms with Gasteiger partial charge in [-0.1, -0.05) is 13.3 Å². The molecule has 5 heteroatoms. The number of piperidine rings is 1. The lowest BCUT2D eigenvalue weighted by atomic mass is 9.90. The van der Waals surface area contributed by atoms with Crippen LogP contribution in [0.2, 0.25) is 0 Å². The molecular formula is C13H25N3O2. The molecule has 0 bridgehead atoms. The maximum atomic E-state index is 12.4. The van der Waals surface area contributed by atoms with Gasteiger partial charge in [0.05, 0.1) is 13.2 Å². The Morgan fingerprint density at radius 2 is 2.00 bits per heavy atom. The van der Waals surface area contributed by atoms with Gasteiger partial charge in [0.1, 0.15) is 0 Å². The van der Waals surface area contributed by atoms with Crippen LogP contribution >= 0.6 is 0 Å². The predicted molar refractivity (Wildman–Crippen MR) is 70.6 cm³/mol. The number of carbonyl (C=O) groups is 1. The molecule has 1 N–H and O–H groups in total. The van der Waals surface area contributed by atoms with Crippen molar-refractivity contribution in [1.82, 2.24) is 15.1 Å². The van der Waals surface area contributed by atoms with Crippen molar-refractivity contribution >= 4 is 6.03 Å². The highest BCUT2D eigenvalue weighted by molar-refractivity contribution is 5.74. The summed E-state index contributed by atoms with van der Waals surface area (Å²) in [4.78, 5) is 16.3. The first kappa shape index (κ1) is 13.6. The van der Waals surface area contributed by atoms with E-state index in [9.17, 15) is 4.79 Å². The van der Waals surface area contributed by atoms with Gasteiger partial charge in [-0.05, 0) is 19.4 Å². The highest BCUT2D eigenvalue weighted by atomic mass is 16.5. The quantitative estimate of drug-likeness (QED) is 0.792. The van der Waals surface area contributed by atoms with Gasteiger partial charge in [0, 0.05) is 32.2 Å². The Kier molecular flexibility index (Phi) is 4.83. The first-order valence-corrected chi connectivity index (χ1v) is 7.05. The number of rotatable bonds is 2. The summed E-state index contributed by atoms with van der Waals surface area (Å²) in [7, 11) is 2.02. The van der Waals surface area contributed by atoms with Crippen LogP contribution in [0, 0.1) is 5.92 Å². The number of amides is 2. The van der Waals surface area contributed by atoms with Gasteiger partial charge in [0.15, 0.2) is 0 Å². The molecule has 104 valence electrons. The molecule has 2 atom stereocenters. The van der Waals surface area contributed by atoms with Crippen LogP contribution in [-0.2, 0) is 4.74 Å². The summed E-state index contributed by atoms with van der Waals surface area (Å²) in [5, 5.41) is 3.37. The number of carbonyl (C=O) groups excluding carboxylic acids is 1. The van der Waals surface area contributed by atoms with E-state index in [4.69, 9.17) is 4.74 Å². The first-order chi connectivity index (χ1) is 8.76. The summed E-state index contributed by atoms with van der Waals surface area (Å²) in [6.07, 6.45) is 2.18. The SMILES string of the molecule is CCC1CN(C(=O)N2CCOCC2)CCC1NC. The average Bonchev–Trinajstić information content (AvgIpc) is 2.46. The molecule has 5 nitrogen and oxygen atoms in total. The number of likely N-dealkylation sites (tertiary alicyclic amines) is 1. The molecule has 0 radical (unpaired) electrons. The summed E-state index contributed by atoms with van der Waals surface area (Å²) in [6.45, 7) is 6.79. The molecule has 0 saturated carbocycles. The first-order valence-electron chi connectivity index (χ1n) is 7.05. The second-order valence-electron chi connectivity index (χ2n) is 5.18. The summed E-state index contributed by atoms with van der Waals surface area (Å²) in [5.74, 6) is 0.578. The molecule has 2 aliphatic heterocycles. The smallest absolute Gasteiger partial charge is 0.320 e. The Morgan fingerprint density at radius 3 is 2.61 bits per heavy atom. The standard InChI is InChI=1S/C13H25N3O2/c1-3-11-10-16(5-4-12(11)14-2)13(17)15-6-8-18-9-7-15/h11-12,14H,3-10H2,1-2H3. The Balaban J connectivity index is 1.91. The van der Waals surface area contributed by atoms with Crippen LogP contribution in [0.4, 0.5) is 4.79 Å². The maximum Gasteiger partial charge on any atom is 0.320 e. The number of nitrogens with one attached hydrogen (secondary N) is 1. The van der Waals surface area contributed by atoms with Crippen LogP contribution in [0.3, 0.4) is 0 Å². The topological polar surface area (TPSA) is 44.8 Å². The number of hydrogen-bond acceptors (Lipinski definition) is 3. The Bertz CT molecular complexity index is 279. The third kappa shape index (κ3) is 2.95. The van der Waals surface area contributed by atoms with E-state index in [0.717, 1.165) is 39.0 Å². The fourth-order valence-electron chi connectivity index (χ4n) is 2.95. The molecule has 2 saturated heterocycles. The molecule has 2 unspecified atom stereocenters. The molecule has 0 aliphatic carbocycles. The summed E-state index contributed by atoms with van der Waals surface area (Å²) in [5.41, 5.74) is 0. The van der Waals surface area contributed by atoms with E-state index < -0.39 is 0 Å². The normalized spacial score (nSPS) is 29.4. The minimum absolute atomic E-state index is 0.200. The molecule has 2 fully saturated rings. The molecule has 0 spiro atoms. The van der Waals surface area contributed by atoms with Crippen LogP contribution in [0.1, 0.15) is 19.8 Å². The second kappa shape index (κ2) is 6.38.